The summed E-state index contributed by atoms with van der Waals surface area (Å²) in [6, 6.07) is 6.75. The number of piperazine rings is 1. The predicted molar refractivity (Wildman–Crippen MR) is 83.2 cm³/mol. The van der Waals surface area contributed by atoms with Gasteiger partial charge in [0.25, 0.3) is 0 Å². The number of amides is 1. The Morgan fingerprint density at radius 3 is 2.48 bits per heavy atom. The Morgan fingerprint density at radius 1 is 1.29 bits per heavy atom. The van der Waals surface area contributed by atoms with Crippen LogP contribution in [0.1, 0.15) is 25.5 Å². The number of para-hydroxylation sites is 1. The highest BCUT2D eigenvalue weighted by atomic mass is 16.3. The van der Waals surface area contributed by atoms with Crippen LogP contribution in [0.3, 0.4) is 0 Å². The Bertz CT molecular complexity index is 468. The molecule has 2 rings (SSSR count). The first-order valence-electron chi connectivity index (χ1n) is 7.70. The van der Waals surface area contributed by atoms with Gasteiger partial charge in [0.2, 0.25) is 5.91 Å². The van der Waals surface area contributed by atoms with Gasteiger partial charge >= 0.3 is 0 Å². The first kappa shape index (κ1) is 15.8. The van der Waals surface area contributed by atoms with Gasteiger partial charge in [0.15, 0.2) is 0 Å². The Morgan fingerprint density at radius 2 is 1.90 bits per heavy atom. The zero-order chi connectivity index (χ0) is 15.2. The lowest BCUT2D eigenvalue weighted by atomic mass is 10.0. The van der Waals surface area contributed by atoms with E-state index in [1.54, 1.807) is 12.1 Å². The average Bonchev–Trinajstić information content (AvgIpc) is 2.54. The number of carbonyl (C=O) groups excluding carboxylic acids is 1. The Balaban J connectivity index is 2.31. The zero-order valence-electron chi connectivity index (χ0n) is 12.9. The summed E-state index contributed by atoms with van der Waals surface area (Å²) in [6.07, 6.45) is 0. The second-order valence-electron chi connectivity index (χ2n) is 5.26. The fraction of sp³-hybridized carbons (Fsp3) is 0.562. The number of nitrogens with one attached hydrogen (secondary N) is 1. The second-order valence-corrected chi connectivity index (χ2v) is 5.26. The van der Waals surface area contributed by atoms with E-state index in [0.717, 1.165) is 39.3 Å². The molecule has 5 heteroatoms. The molecule has 1 aromatic rings. The van der Waals surface area contributed by atoms with E-state index < -0.39 is 6.04 Å². The molecular weight excluding hydrogens is 266 g/mol. The monoisotopic (exact) mass is 291 g/mol. The van der Waals surface area contributed by atoms with Gasteiger partial charge < -0.3 is 15.3 Å². The zero-order valence-corrected chi connectivity index (χ0v) is 12.9. The van der Waals surface area contributed by atoms with E-state index in [4.69, 9.17) is 0 Å². The van der Waals surface area contributed by atoms with Crippen molar-refractivity contribution in [3.8, 4) is 5.75 Å². The minimum absolute atomic E-state index is 0.0849. The highest BCUT2D eigenvalue weighted by Gasteiger charge is 2.32. The molecule has 0 aliphatic carbocycles. The summed E-state index contributed by atoms with van der Waals surface area (Å²) in [5.74, 6) is 0.277. The van der Waals surface area contributed by atoms with Gasteiger partial charge in [-0.3, -0.25) is 9.69 Å². The molecule has 1 aliphatic rings. The van der Waals surface area contributed by atoms with Crippen molar-refractivity contribution < 1.29 is 9.90 Å². The van der Waals surface area contributed by atoms with Crippen LogP contribution in [0.25, 0.3) is 0 Å². The van der Waals surface area contributed by atoms with E-state index in [9.17, 15) is 9.90 Å². The van der Waals surface area contributed by atoms with Crippen molar-refractivity contribution in [3.05, 3.63) is 29.8 Å². The summed E-state index contributed by atoms with van der Waals surface area (Å²) >= 11 is 0. The van der Waals surface area contributed by atoms with Crippen molar-refractivity contribution >= 4 is 5.91 Å². The average molecular weight is 291 g/mol. The lowest BCUT2D eigenvalue weighted by Gasteiger charge is -2.36. The summed E-state index contributed by atoms with van der Waals surface area (Å²) in [4.78, 5) is 16.9. The third-order valence-electron chi connectivity index (χ3n) is 4.07. The first-order valence-corrected chi connectivity index (χ1v) is 7.70. The van der Waals surface area contributed by atoms with Gasteiger partial charge in [0, 0.05) is 31.7 Å². The predicted octanol–water partition coefficient (Wildman–Crippen LogP) is 1.21. The van der Waals surface area contributed by atoms with Crippen molar-refractivity contribution in [1.82, 2.24) is 15.1 Å². The largest absolute Gasteiger partial charge is 0.508 e. The maximum Gasteiger partial charge on any atom is 0.244 e. The van der Waals surface area contributed by atoms with E-state index in [0.29, 0.717) is 5.56 Å². The van der Waals surface area contributed by atoms with Crippen LogP contribution >= 0.6 is 0 Å². The number of hydrogen-bond acceptors (Lipinski definition) is 4. The summed E-state index contributed by atoms with van der Waals surface area (Å²) in [5, 5.41) is 13.4. The molecule has 0 radical (unpaired) electrons. The maximum absolute atomic E-state index is 13.0. The number of hydrogen-bond donors (Lipinski definition) is 2. The lowest BCUT2D eigenvalue weighted by molar-refractivity contribution is -0.137. The summed E-state index contributed by atoms with van der Waals surface area (Å²) in [7, 11) is 0. The molecule has 1 saturated heterocycles. The summed E-state index contributed by atoms with van der Waals surface area (Å²) < 4.78 is 0. The fourth-order valence-corrected chi connectivity index (χ4v) is 2.85. The molecule has 1 atom stereocenters. The highest BCUT2D eigenvalue weighted by molar-refractivity contribution is 5.84. The molecule has 0 aromatic heterocycles. The van der Waals surface area contributed by atoms with Crippen LogP contribution < -0.4 is 5.32 Å². The number of phenolic OH excluding ortho intramolecular Hbond substituents is 1. The van der Waals surface area contributed by atoms with E-state index in [1.165, 1.54) is 0 Å². The van der Waals surface area contributed by atoms with Crippen LogP contribution in [0.5, 0.6) is 5.75 Å². The fourth-order valence-electron chi connectivity index (χ4n) is 2.85. The Kier molecular flexibility index (Phi) is 5.59. The molecule has 1 fully saturated rings. The molecular formula is C16H25N3O2. The van der Waals surface area contributed by atoms with E-state index in [2.05, 4.69) is 10.2 Å². The minimum Gasteiger partial charge on any atom is -0.508 e. The van der Waals surface area contributed by atoms with E-state index in [1.807, 2.05) is 30.9 Å². The standard InChI is InChI=1S/C16H25N3O2/c1-3-18(4-2)15(13-7-5-6-8-14(13)20)16(21)19-11-9-17-10-12-19/h5-8,15,17,20H,3-4,9-12H2,1-2H3. The second kappa shape index (κ2) is 7.43. The SMILES string of the molecule is CCN(CC)C(C(=O)N1CCNCC1)c1ccccc1O. The van der Waals surface area contributed by atoms with Crippen molar-refractivity contribution in [1.29, 1.82) is 0 Å². The van der Waals surface area contributed by atoms with Crippen LogP contribution in [0.2, 0.25) is 0 Å². The number of aromatic hydroxyl groups is 1. The van der Waals surface area contributed by atoms with Crippen molar-refractivity contribution in [3.63, 3.8) is 0 Å². The van der Waals surface area contributed by atoms with Crippen molar-refractivity contribution in [2.24, 2.45) is 0 Å². The van der Waals surface area contributed by atoms with Crippen LogP contribution in [0, 0.1) is 0 Å². The summed E-state index contributed by atoms with van der Waals surface area (Å²) in [5.41, 5.74) is 0.699. The molecule has 1 aliphatic heterocycles. The van der Waals surface area contributed by atoms with Gasteiger partial charge in [0.05, 0.1) is 0 Å². The Hall–Kier alpha value is -1.59. The van der Waals surface area contributed by atoms with Gasteiger partial charge in [-0.15, -0.1) is 0 Å². The third kappa shape index (κ3) is 3.54. The first-order chi connectivity index (χ1) is 10.2. The normalized spacial score (nSPS) is 17.0. The molecule has 1 unspecified atom stereocenters. The molecule has 21 heavy (non-hydrogen) atoms. The Labute approximate surface area is 126 Å². The minimum atomic E-state index is -0.403. The van der Waals surface area contributed by atoms with Crippen LogP contribution in [-0.4, -0.2) is 60.1 Å². The van der Waals surface area contributed by atoms with Gasteiger partial charge in [-0.2, -0.15) is 0 Å². The number of benzene rings is 1. The topological polar surface area (TPSA) is 55.8 Å². The summed E-state index contributed by atoms with van der Waals surface area (Å²) in [6.45, 7) is 8.74. The van der Waals surface area contributed by atoms with Crippen LogP contribution in [-0.2, 0) is 4.79 Å². The molecule has 2 N–H and O–H groups in total. The van der Waals surface area contributed by atoms with E-state index in [-0.39, 0.29) is 11.7 Å². The van der Waals surface area contributed by atoms with Gasteiger partial charge in [-0.1, -0.05) is 32.0 Å². The van der Waals surface area contributed by atoms with Crippen LogP contribution in [0.15, 0.2) is 24.3 Å². The molecule has 0 saturated carbocycles. The molecule has 5 nitrogen and oxygen atoms in total. The molecule has 1 amide bonds. The third-order valence-corrected chi connectivity index (χ3v) is 4.07. The number of nitrogens with zero attached hydrogens (tertiary/aromatic N) is 2. The van der Waals surface area contributed by atoms with Gasteiger partial charge in [-0.05, 0) is 19.2 Å². The highest BCUT2D eigenvalue weighted by Crippen LogP contribution is 2.30. The van der Waals surface area contributed by atoms with Gasteiger partial charge in [0.1, 0.15) is 11.8 Å². The quantitative estimate of drug-likeness (QED) is 0.856. The lowest BCUT2D eigenvalue weighted by Crippen LogP contribution is -2.50. The van der Waals surface area contributed by atoms with Crippen LogP contribution in [0.4, 0.5) is 0 Å². The van der Waals surface area contributed by atoms with Gasteiger partial charge in [-0.25, -0.2) is 0 Å². The van der Waals surface area contributed by atoms with Crippen molar-refractivity contribution in [2.45, 2.75) is 19.9 Å². The molecule has 116 valence electrons. The number of carbonyl (C=O) groups is 1. The number of rotatable bonds is 5. The smallest absolute Gasteiger partial charge is 0.244 e. The molecule has 1 heterocycles. The van der Waals surface area contributed by atoms with Crippen molar-refractivity contribution in [2.75, 3.05) is 39.3 Å². The number of phenols is 1. The molecule has 1 aromatic carbocycles. The number of likely N-dealkylation sites (N-methyl/N-ethyl adjacent to an activating group) is 1. The van der Waals surface area contributed by atoms with E-state index >= 15 is 0 Å². The molecule has 0 spiro atoms. The molecule has 0 bridgehead atoms. The maximum atomic E-state index is 13.0.